The van der Waals surface area contributed by atoms with Crippen LogP contribution >= 0.6 is 22.9 Å². The summed E-state index contributed by atoms with van der Waals surface area (Å²) in [5.41, 5.74) is 1.71. The lowest BCUT2D eigenvalue weighted by molar-refractivity contribution is 0.508. The Hall–Kier alpha value is -0.940. The van der Waals surface area contributed by atoms with Gasteiger partial charge in [-0.15, -0.1) is 33.1 Å². The van der Waals surface area contributed by atoms with Crippen molar-refractivity contribution >= 4 is 22.9 Å². The van der Waals surface area contributed by atoms with Crippen LogP contribution in [0.4, 0.5) is 0 Å². The van der Waals surface area contributed by atoms with Crippen LogP contribution in [0, 0.1) is 0 Å². The Morgan fingerprint density at radius 1 is 1.54 bits per heavy atom. The maximum atomic E-state index is 5.77. The molecule has 0 saturated carbocycles. The lowest BCUT2D eigenvalue weighted by atomic mass is 10.5. The van der Waals surface area contributed by atoms with Gasteiger partial charge in [-0.25, -0.2) is 0 Å². The van der Waals surface area contributed by atoms with Crippen LogP contribution in [0.3, 0.4) is 0 Å². The molecule has 6 heteroatoms. The van der Waals surface area contributed by atoms with Gasteiger partial charge in [0.25, 0.3) is 5.89 Å². The molecule has 0 bridgehead atoms. The molecule has 0 aromatic carbocycles. The molecule has 68 valence electrons. The summed E-state index contributed by atoms with van der Waals surface area (Å²) in [6.07, 6.45) is 1.68. The van der Waals surface area contributed by atoms with Gasteiger partial charge in [0, 0.05) is 0 Å². The maximum absolute atomic E-state index is 5.77. The van der Waals surface area contributed by atoms with Gasteiger partial charge in [-0.05, 0) is 6.92 Å². The SMILES string of the molecule is CC(Cl)c1nnc(-c2cncs2)o1. The first kappa shape index (κ1) is 8.65. The fourth-order valence-electron chi connectivity index (χ4n) is 0.816. The topological polar surface area (TPSA) is 51.8 Å². The van der Waals surface area contributed by atoms with Gasteiger partial charge in [-0.2, -0.15) is 0 Å². The van der Waals surface area contributed by atoms with Crippen LogP contribution in [-0.4, -0.2) is 15.2 Å². The van der Waals surface area contributed by atoms with Gasteiger partial charge < -0.3 is 4.42 Å². The predicted octanol–water partition coefficient (Wildman–Crippen LogP) is 2.49. The van der Waals surface area contributed by atoms with E-state index in [2.05, 4.69) is 15.2 Å². The maximum Gasteiger partial charge on any atom is 0.259 e. The Kier molecular flexibility index (Phi) is 2.28. The average molecular weight is 216 g/mol. The molecule has 0 aliphatic rings. The molecule has 0 amide bonds. The van der Waals surface area contributed by atoms with Crippen molar-refractivity contribution in [1.82, 2.24) is 15.2 Å². The van der Waals surface area contributed by atoms with Gasteiger partial charge in [0.2, 0.25) is 5.89 Å². The lowest BCUT2D eigenvalue weighted by Gasteiger charge is -1.90. The van der Waals surface area contributed by atoms with Gasteiger partial charge in [-0.3, -0.25) is 4.98 Å². The van der Waals surface area contributed by atoms with Crippen LogP contribution in [-0.2, 0) is 0 Å². The second kappa shape index (κ2) is 3.43. The molecule has 1 unspecified atom stereocenters. The van der Waals surface area contributed by atoms with Crippen molar-refractivity contribution in [1.29, 1.82) is 0 Å². The highest BCUT2D eigenvalue weighted by atomic mass is 35.5. The predicted molar refractivity (Wildman–Crippen MR) is 49.7 cm³/mol. The summed E-state index contributed by atoms with van der Waals surface area (Å²) < 4.78 is 5.31. The Labute approximate surface area is 83.6 Å². The van der Waals surface area contributed by atoms with Crippen molar-refractivity contribution < 1.29 is 4.42 Å². The number of nitrogens with zero attached hydrogens (tertiary/aromatic N) is 3. The van der Waals surface area contributed by atoms with E-state index in [-0.39, 0.29) is 5.38 Å². The average Bonchev–Trinajstić information content (AvgIpc) is 2.75. The monoisotopic (exact) mass is 215 g/mol. The zero-order chi connectivity index (χ0) is 9.26. The van der Waals surface area contributed by atoms with Gasteiger partial charge in [0.05, 0.1) is 11.7 Å². The fraction of sp³-hybridized carbons (Fsp3) is 0.286. The molecule has 0 aliphatic heterocycles. The molecule has 0 spiro atoms. The van der Waals surface area contributed by atoms with Crippen molar-refractivity contribution in [3.05, 3.63) is 17.6 Å². The molecule has 0 radical (unpaired) electrons. The van der Waals surface area contributed by atoms with E-state index in [9.17, 15) is 0 Å². The largest absolute Gasteiger partial charge is 0.418 e. The number of alkyl halides is 1. The number of hydrogen-bond acceptors (Lipinski definition) is 5. The van der Waals surface area contributed by atoms with E-state index >= 15 is 0 Å². The quantitative estimate of drug-likeness (QED) is 0.723. The summed E-state index contributed by atoms with van der Waals surface area (Å²) in [4.78, 5) is 4.77. The Balaban J connectivity index is 2.33. The van der Waals surface area contributed by atoms with Crippen LogP contribution < -0.4 is 0 Å². The van der Waals surface area contributed by atoms with E-state index in [4.69, 9.17) is 16.0 Å². The summed E-state index contributed by atoms with van der Waals surface area (Å²) in [5.74, 6) is 0.912. The smallest absolute Gasteiger partial charge is 0.259 e. The highest BCUT2D eigenvalue weighted by Crippen LogP contribution is 2.25. The number of aromatic nitrogens is 3. The second-order valence-electron chi connectivity index (χ2n) is 2.43. The number of thiazole rings is 1. The molecule has 2 heterocycles. The summed E-state index contributed by atoms with van der Waals surface area (Å²) in [7, 11) is 0. The highest BCUT2D eigenvalue weighted by Gasteiger charge is 2.12. The minimum absolute atomic E-state index is 0.255. The third-order valence-corrected chi connectivity index (χ3v) is 2.37. The summed E-state index contributed by atoms with van der Waals surface area (Å²) in [6.45, 7) is 1.78. The fourth-order valence-corrected chi connectivity index (χ4v) is 1.44. The molecule has 0 saturated heterocycles. The molecule has 0 N–H and O–H groups in total. The van der Waals surface area contributed by atoms with Crippen molar-refractivity contribution in [2.75, 3.05) is 0 Å². The molecule has 1 atom stereocenters. The van der Waals surface area contributed by atoms with E-state index in [1.54, 1.807) is 18.6 Å². The first-order valence-electron chi connectivity index (χ1n) is 3.63. The molecule has 0 aliphatic carbocycles. The van der Waals surface area contributed by atoms with Crippen LogP contribution in [0.2, 0.25) is 0 Å². The third-order valence-electron chi connectivity index (χ3n) is 1.42. The highest BCUT2D eigenvalue weighted by molar-refractivity contribution is 7.13. The van der Waals surface area contributed by atoms with Gasteiger partial charge in [-0.1, -0.05) is 0 Å². The van der Waals surface area contributed by atoms with Crippen LogP contribution in [0.15, 0.2) is 16.1 Å². The minimum atomic E-state index is -0.255. The summed E-state index contributed by atoms with van der Waals surface area (Å²) in [5, 5.41) is 7.40. The van der Waals surface area contributed by atoms with E-state index in [1.807, 2.05) is 0 Å². The van der Waals surface area contributed by atoms with E-state index in [1.165, 1.54) is 11.3 Å². The van der Waals surface area contributed by atoms with Gasteiger partial charge >= 0.3 is 0 Å². The summed E-state index contributed by atoms with van der Waals surface area (Å²) >= 11 is 7.22. The van der Waals surface area contributed by atoms with Crippen molar-refractivity contribution in [3.8, 4) is 10.8 Å². The van der Waals surface area contributed by atoms with E-state index < -0.39 is 0 Å². The molecule has 2 aromatic rings. The molecule has 13 heavy (non-hydrogen) atoms. The first-order chi connectivity index (χ1) is 6.27. The van der Waals surface area contributed by atoms with E-state index in [0.717, 1.165) is 4.88 Å². The Morgan fingerprint density at radius 2 is 2.38 bits per heavy atom. The van der Waals surface area contributed by atoms with Gasteiger partial charge in [0.1, 0.15) is 10.3 Å². The standard InChI is InChI=1S/C7H6ClN3OS/c1-4(8)6-10-11-7(12-6)5-2-9-3-13-5/h2-4H,1H3. The normalized spacial score (nSPS) is 13.1. The second-order valence-corrected chi connectivity index (χ2v) is 3.97. The molecule has 0 fully saturated rings. The molecule has 2 rings (SSSR count). The van der Waals surface area contributed by atoms with Crippen molar-refractivity contribution in [2.45, 2.75) is 12.3 Å². The zero-order valence-corrected chi connectivity index (χ0v) is 8.34. The number of rotatable bonds is 2. The number of hydrogen-bond donors (Lipinski definition) is 0. The lowest BCUT2D eigenvalue weighted by Crippen LogP contribution is -1.81. The van der Waals surface area contributed by atoms with Crippen LogP contribution in [0.1, 0.15) is 18.2 Å². The van der Waals surface area contributed by atoms with E-state index in [0.29, 0.717) is 11.8 Å². The Bertz CT molecular complexity index is 384. The van der Waals surface area contributed by atoms with Gasteiger partial charge in [0.15, 0.2) is 0 Å². The van der Waals surface area contributed by atoms with Crippen molar-refractivity contribution in [2.24, 2.45) is 0 Å². The molecule has 4 nitrogen and oxygen atoms in total. The third kappa shape index (κ3) is 1.71. The molecular formula is C7H6ClN3OS. The minimum Gasteiger partial charge on any atom is -0.418 e. The summed E-state index contributed by atoms with van der Waals surface area (Å²) in [6, 6.07) is 0. The molecular weight excluding hydrogens is 210 g/mol. The Morgan fingerprint density at radius 3 is 2.92 bits per heavy atom. The first-order valence-corrected chi connectivity index (χ1v) is 4.95. The molecule has 2 aromatic heterocycles. The number of halogens is 1. The zero-order valence-electron chi connectivity index (χ0n) is 6.77. The van der Waals surface area contributed by atoms with Crippen molar-refractivity contribution in [3.63, 3.8) is 0 Å². The van der Waals surface area contributed by atoms with Crippen LogP contribution in [0.5, 0.6) is 0 Å². The van der Waals surface area contributed by atoms with Crippen LogP contribution in [0.25, 0.3) is 10.8 Å².